The van der Waals surface area contributed by atoms with Crippen LogP contribution in [0.3, 0.4) is 0 Å². The van der Waals surface area contributed by atoms with Crippen molar-refractivity contribution < 1.29 is 9.59 Å². The average Bonchev–Trinajstić information content (AvgIpc) is 2.95. The zero-order chi connectivity index (χ0) is 20.4. The number of amidine groups is 1. The van der Waals surface area contributed by atoms with Gasteiger partial charge < -0.3 is 5.32 Å². The quantitative estimate of drug-likeness (QED) is 0.439. The molecule has 1 N–H and O–H groups in total. The van der Waals surface area contributed by atoms with Crippen molar-refractivity contribution in [1.82, 2.24) is 10.2 Å². The lowest BCUT2D eigenvalue weighted by Gasteiger charge is -2.10. The Hall–Kier alpha value is -1.79. The van der Waals surface area contributed by atoms with E-state index in [0.29, 0.717) is 22.4 Å². The molecule has 1 aromatic rings. The minimum absolute atomic E-state index is 0.0303. The minimum atomic E-state index is -0.176. The van der Waals surface area contributed by atoms with Gasteiger partial charge in [0.2, 0.25) is 5.91 Å². The lowest BCUT2D eigenvalue weighted by Crippen LogP contribution is -2.29. The monoisotopic (exact) mass is 421 g/mol. The number of unbranched alkanes of at least 4 members (excludes halogenated alkanes) is 5. The largest absolute Gasteiger partial charge is 0.355 e. The number of aliphatic imine (C=N–C) groups is 1. The number of likely N-dealkylation sites (N-methyl/N-ethyl adjacent to an activating group) is 1. The molecular weight excluding hydrogens is 394 g/mol. The molecule has 1 aromatic carbocycles. The summed E-state index contributed by atoms with van der Waals surface area (Å²) in [5, 5.41) is 4.12. The maximum atomic E-state index is 12.4. The Balaban J connectivity index is 1.77. The van der Waals surface area contributed by atoms with Crippen molar-refractivity contribution in [1.29, 1.82) is 0 Å². The van der Waals surface area contributed by atoms with Crippen LogP contribution in [-0.4, -0.2) is 41.2 Å². The molecular formula is C21H28ClN3O2S. The molecule has 0 aliphatic carbocycles. The predicted octanol–water partition coefficient (Wildman–Crippen LogP) is 4.72. The van der Waals surface area contributed by atoms with Crippen LogP contribution >= 0.6 is 23.4 Å². The average molecular weight is 422 g/mol. The molecule has 2 amide bonds. The molecule has 7 heteroatoms. The molecule has 1 heterocycles. The lowest BCUT2D eigenvalue weighted by molar-refractivity contribution is -0.121. The van der Waals surface area contributed by atoms with Gasteiger partial charge in [0, 0.05) is 18.6 Å². The van der Waals surface area contributed by atoms with Crippen LogP contribution in [0.2, 0.25) is 5.02 Å². The summed E-state index contributed by atoms with van der Waals surface area (Å²) in [6, 6.07) is 7.20. The highest BCUT2D eigenvalue weighted by Crippen LogP contribution is 2.23. The highest BCUT2D eigenvalue weighted by Gasteiger charge is 2.27. The van der Waals surface area contributed by atoms with Crippen molar-refractivity contribution in [2.45, 2.75) is 45.4 Å². The number of carbonyl (C=O) groups is 2. The molecule has 0 atom stereocenters. The normalized spacial score (nSPS) is 15.2. The zero-order valence-electron chi connectivity index (χ0n) is 16.5. The molecule has 28 heavy (non-hydrogen) atoms. The standard InChI is InChI=1S/C21H28ClN3O2S/c1-3-4-5-6-7-8-13-23-19(26)15-28-21-24-18(20(27)25(21)2)14-16-9-11-17(22)12-10-16/h9-12,14H,3-8,13,15H2,1-2H3,(H,23,26). The molecule has 152 valence electrons. The number of benzene rings is 1. The van der Waals surface area contributed by atoms with Gasteiger partial charge in [-0.1, -0.05) is 74.5 Å². The van der Waals surface area contributed by atoms with E-state index in [9.17, 15) is 9.59 Å². The van der Waals surface area contributed by atoms with Crippen molar-refractivity contribution >= 4 is 46.4 Å². The number of thioether (sulfide) groups is 1. The van der Waals surface area contributed by atoms with Gasteiger partial charge in [-0.2, -0.15) is 0 Å². The van der Waals surface area contributed by atoms with Gasteiger partial charge in [-0.25, -0.2) is 4.99 Å². The van der Waals surface area contributed by atoms with Gasteiger partial charge in [0.1, 0.15) is 5.70 Å². The third kappa shape index (κ3) is 7.32. The third-order valence-electron chi connectivity index (χ3n) is 4.39. The van der Waals surface area contributed by atoms with Gasteiger partial charge in [-0.05, 0) is 30.2 Å². The maximum Gasteiger partial charge on any atom is 0.278 e. The highest BCUT2D eigenvalue weighted by atomic mass is 35.5. The number of carbonyl (C=O) groups excluding carboxylic acids is 2. The number of nitrogens with one attached hydrogen (secondary N) is 1. The molecule has 0 unspecified atom stereocenters. The maximum absolute atomic E-state index is 12.4. The van der Waals surface area contributed by atoms with E-state index in [1.54, 1.807) is 25.3 Å². The van der Waals surface area contributed by atoms with Crippen molar-refractivity contribution in [2.75, 3.05) is 19.3 Å². The molecule has 1 aliphatic heterocycles. The van der Waals surface area contributed by atoms with E-state index in [-0.39, 0.29) is 17.6 Å². The molecule has 0 spiro atoms. The van der Waals surface area contributed by atoms with Crippen molar-refractivity contribution in [3.63, 3.8) is 0 Å². The van der Waals surface area contributed by atoms with Crippen molar-refractivity contribution in [3.8, 4) is 0 Å². The number of rotatable bonds is 10. The Labute approximate surface area is 176 Å². The van der Waals surface area contributed by atoms with Crippen molar-refractivity contribution in [2.24, 2.45) is 4.99 Å². The first-order chi connectivity index (χ1) is 13.5. The highest BCUT2D eigenvalue weighted by molar-refractivity contribution is 8.14. The second-order valence-corrected chi connectivity index (χ2v) is 8.13. The first-order valence-corrected chi connectivity index (χ1v) is 11.1. The fourth-order valence-electron chi connectivity index (χ4n) is 2.74. The molecule has 0 radical (unpaired) electrons. The molecule has 0 saturated carbocycles. The molecule has 1 aliphatic rings. The smallest absolute Gasteiger partial charge is 0.278 e. The predicted molar refractivity (Wildman–Crippen MR) is 118 cm³/mol. The summed E-state index contributed by atoms with van der Waals surface area (Å²) >= 11 is 7.16. The van der Waals surface area contributed by atoms with Gasteiger partial charge >= 0.3 is 0 Å². The van der Waals surface area contributed by atoms with E-state index < -0.39 is 0 Å². The van der Waals surface area contributed by atoms with Crippen LogP contribution in [-0.2, 0) is 9.59 Å². The second-order valence-electron chi connectivity index (χ2n) is 6.75. The molecule has 0 bridgehead atoms. The summed E-state index contributed by atoms with van der Waals surface area (Å²) in [6.07, 6.45) is 8.90. The van der Waals surface area contributed by atoms with Crippen molar-refractivity contribution in [3.05, 3.63) is 40.5 Å². The van der Waals surface area contributed by atoms with E-state index in [1.165, 1.54) is 42.3 Å². The topological polar surface area (TPSA) is 61.8 Å². The van der Waals surface area contributed by atoms with E-state index in [4.69, 9.17) is 11.6 Å². The van der Waals surface area contributed by atoms with Crippen LogP contribution in [0.4, 0.5) is 0 Å². The van der Waals surface area contributed by atoms with Gasteiger partial charge in [-0.3, -0.25) is 14.5 Å². The SMILES string of the molecule is CCCCCCCCNC(=O)CSC1=NC(=Cc2ccc(Cl)cc2)C(=O)N1C. The molecule has 0 aromatic heterocycles. The molecule has 5 nitrogen and oxygen atoms in total. The van der Waals surface area contributed by atoms with Crippen LogP contribution in [0, 0.1) is 0 Å². The number of hydrogen-bond acceptors (Lipinski definition) is 4. The summed E-state index contributed by atoms with van der Waals surface area (Å²) in [5.41, 5.74) is 1.22. The summed E-state index contributed by atoms with van der Waals surface area (Å²) in [5.74, 6) is 0.0442. The number of amides is 2. The van der Waals surface area contributed by atoms with Crippen LogP contribution in [0.15, 0.2) is 35.0 Å². The van der Waals surface area contributed by atoms with Gasteiger partial charge in [0.15, 0.2) is 5.17 Å². The van der Waals surface area contributed by atoms with Crippen LogP contribution < -0.4 is 5.32 Å². The fourth-order valence-corrected chi connectivity index (χ4v) is 3.67. The van der Waals surface area contributed by atoms with E-state index in [0.717, 1.165) is 18.4 Å². The first-order valence-electron chi connectivity index (χ1n) is 9.74. The van der Waals surface area contributed by atoms with Gasteiger partial charge in [-0.15, -0.1) is 0 Å². The van der Waals surface area contributed by atoms with Crippen LogP contribution in [0.5, 0.6) is 0 Å². The zero-order valence-corrected chi connectivity index (χ0v) is 18.1. The Bertz CT molecular complexity index is 732. The molecule has 0 saturated heterocycles. The second kappa shape index (κ2) is 11.9. The molecule has 2 rings (SSSR count). The van der Waals surface area contributed by atoms with E-state index >= 15 is 0 Å². The van der Waals surface area contributed by atoms with Crippen LogP contribution in [0.25, 0.3) is 6.08 Å². The lowest BCUT2D eigenvalue weighted by atomic mass is 10.1. The number of hydrogen-bond donors (Lipinski definition) is 1. The Morgan fingerprint density at radius 2 is 1.86 bits per heavy atom. The third-order valence-corrected chi connectivity index (χ3v) is 5.67. The van der Waals surface area contributed by atoms with E-state index in [2.05, 4.69) is 17.2 Å². The Morgan fingerprint density at radius 3 is 2.57 bits per heavy atom. The van der Waals surface area contributed by atoms with E-state index in [1.807, 2.05) is 12.1 Å². The minimum Gasteiger partial charge on any atom is -0.355 e. The number of nitrogens with zero attached hydrogens (tertiary/aromatic N) is 2. The first kappa shape index (κ1) is 22.5. The molecule has 0 fully saturated rings. The summed E-state index contributed by atoms with van der Waals surface area (Å²) in [6.45, 7) is 2.91. The Kier molecular flexibility index (Phi) is 9.58. The summed E-state index contributed by atoms with van der Waals surface area (Å²) in [4.78, 5) is 30.2. The summed E-state index contributed by atoms with van der Waals surface area (Å²) < 4.78 is 0. The number of halogens is 1. The van der Waals surface area contributed by atoms with Gasteiger partial charge in [0.25, 0.3) is 5.91 Å². The Morgan fingerprint density at radius 1 is 1.18 bits per heavy atom. The van der Waals surface area contributed by atoms with Gasteiger partial charge in [0.05, 0.1) is 5.75 Å². The summed E-state index contributed by atoms with van der Waals surface area (Å²) in [7, 11) is 1.67. The fraction of sp³-hybridized carbons (Fsp3) is 0.476. The van der Waals surface area contributed by atoms with Crippen LogP contribution in [0.1, 0.15) is 51.0 Å².